The van der Waals surface area contributed by atoms with Gasteiger partial charge >= 0.3 is 5.88 Å². The zero-order valence-corrected chi connectivity index (χ0v) is 14.0. The van der Waals surface area contributed by atoms with Gasteiger partial charge in [-0.2, -0.15) is 0 Å². The number of amides is 1. The van der Waals surface area contributed by atoms with Crippen LogP contribution in [0.4, 0.5) is 10.9 Å². The number of carbonyl (C=O) groups is 1. The molecular weight excluding hydrogens is 350 g/mol. The van der Waals surface area contributed by atoms with Gasteiger partial charge in [0.1, 0.15) is 15.6 Å². The molecular formula is C15H11N3O4S2. The molecule has 0 radical (unpaired) electrons. The highest BCUT2D eigenvalue weighted by Crippen LogP contribution is 2.37. The molecule has 2 heterocycles. The second kappa shape index (κ2) is 6.85. The van der Waals surface area contributed by atoms with Gasteiger partial charge in [0.25, 0.3) is 5.91 Å². The molecule has 0 unspecified atom stereocenters. The van der Waals surface area contributed by atoms with E-state index in [1.165, 1.54) is 29.2 Å². The van der Waals surface area contributed by atoms with Gasteiger partial charge in [0.15, 0.2) is 10.1 Å². The number of thioether (sulfide) groups is 1. The number of aromatic nitrogens is 1. The van der Waals surface area contributed by atoms with Crippen LogP contribution in [-0.2, 0) is 0 Å². The third-order valence-electron chi connectivity index (χ3n) is 3.05. The van der Waals surface area contributed by atoms with Crippen LogP contribution in [0.1, 0.15) is 10.6 Å². The van der Waals surface area contributed by atoms with Gasteiger partial charge in [-0.15, -0.1) is 0 Å². The first-order valence-electron chi connectivity index (χ1n) is 6.74. The summed E-state index contributed by atoms with van der Waals surface area (Å²) in [5.41, 5.74) is 1.52. The van der Waals surface area contributed by atoms with E-state index in [4.69, 9.17) is 4.42 Å². The molecule has 9 heteroatoms. The molecule has 0 saturated heterocycles. The topological polar surface area (TPSA) is 98.3 Å². The van der Waals surface area contributed by atoms with E-state index in [0.29, 0.717) is 10.7 Å². The second-order valence-electron chi connectivity index (χ2n) is 4.58. The van der Waals surface area contributed by atoms with Gasteiger partial charge in [-0.1, -0.05) is 53.4 Å². The first-order valence-corrected chi connectivity index (χ1v) is 8.78. The molecule has 0 saturated carbocycles. The van der Waals surface area contributed by atoms with Crippen molar-refractivity contribution in [3.8, 4) is 11.3 Å². The Morgan fingerprint density at radius 2 is 2.04 bits per heavy atom. The average molecular weight is 361 g/mol. The van der Waals surface area contributed by atoms with Crippen molar-refractivity contribution in [1.82, 2.24) is 4.98 Å². The Bertz CT molecular complexity index is 889. The van der Waals surface area contributed by atoms with Gasteiger partial charge in [0, 0.05) is 5.56 Å². The van der Waals surface area contributed by atoms with Crippen molar-refractivity contribution < 1.29 is 14.1 Å². The fourth-order valence-corrected chi connectivity index (χ4v) is 3.46. The molecule has 7 nitrogen and oxygen atoms in total. The number of hydrogen-bond donors (Lipinski definition) is 1. The van der Waals surface area contributed by atoms with E-state index in [1.54, 1.807) is 0 Å². The van der Waals surface area contributed by atoms with Crippen molar-refractivity contribution in [2.75, 3.05) is 11.6 Å². The van der Waals surface area contributed by atoms with E-state index in [-0.39, 0.29) is 5.76 Å². The van der Waals surface area contributed by atoms with Crippen molar-refractivity contribution in [1.29, 1.82) is 0 Å². The molecule has 1 amide bonds. The molecule has 1 N–H and O–H groups in total. The Labute approximate surface area is 144 Å². The summed E-state index contributed by atoms with van der Waals surface area (Å²) >= 11 is 2.81. The Hall–Kier alpha value is -2.65. The number of hydrogen-bond acceptors (Lipinski definition) is 7. The lowest BCUT2D eigenvalue weighted by Crippen LogP contribution is -2.10. The van der Waals surface area contributed by atoms with E-state index in [2.05, 4.69) is 10.3 Å². The van der Waals surface area contributed by atoms with Gasteiger partial charge in [0.2, 0.25) is 0 Å². The molecule has 24 heavy (non-hydrogen) atoms. The molecule has 3 rings (SSSR count). The number of nitro groups is 1. The molecule has 0 atom stereocenters. The van der Waals surface area contributed by atoms with Crippen LogP contribution < -0.4 is 5.32 Å². The van der Waals surface area contributed by atoms with Crippen LogP contribution in [0.5, 0.6) is 0 Å². The fraction of sp³-hybridized carbons (Fsp3) is 0.0667. The van der Waals surface area contributed by atoms with Crippen LogP contribution in [0.3, 0.4) is 0 Å². The number of nitrogens with one attached hydrogen (secondary N) is 1. The maximum Gasteiger partial charge on any atom is 0.433 e. The lowest BCUT2D eigenvalue weighted by Gasteiger charge is -2.03. The molecule has 2 aromatic heterocycles. The molecule has 0 bridgehead atoms. The van der Waals surface area contributed by atoms with Crippen molar-refractivity contribution in [3.05, 3.63) is 58.3 Å². The van der Waals surface area contributed by atoms with E-state index < -0.39 is 16.7 Å². The van der Waals surface area contributed by atoms with Crippen LogP contribution in [0.15, 0.2) is 51.2 Å². The molecule has 0 aliphatic rings. The highest BCUT2D eigenvalue weighted by atomic mass is 32.2. The summed E-state index contributed by atoms with van der Waals surface area (Å²) in [5.74, 6) is -1.16. The van der Waals surface area contributed by atoms with Gasteiger partial charge in [-0.05, 0) is 12.3 Å². The highest BCUT2D eigenvalue weighted by molar-refractivity contribution is 8.00. The largest absolute Gasteiger partial charge is 0.433 e. The van der Waals surface area contributed by atoms with Crippen molar-refractivity contribution in [2.45, 2.75) is 4.34 Å². The van der Waals surface area contributed by atoms with Crippen molar-refractivity contribution in [2.24, 2.45) is 0 Å². The first kappa shape index (κ1) is 16.2. The summed E-state index contributed by atoms with van der Waals surface area (Å²) in [4.78, 5) is 26.7. The summed E-state index contributed by atoms with van der Waals surface area (Å²) in [5, 5.41) is 13.9. The summed E-state index contributed by atoms with van der Waals surface area (Å²) in [6, 6.07) is 11.9. The molecule has 1 aromatic carbocycles. The lowest BCUT2D eigenvalue weighted by molar-refractivity contribution is -0.402. The summed E-state index contributed by atoms with van der Waals surface area (Å²) in [7, 11) is 0. The number of nitrogens with zero attached hydrogens (tertiary/aromatic N) is 2. The number of anilines is 1. The maximum absolute atomic E-state index is 12.3. The van der Waals surface area contributed by atoms with Gasteiger partial charge < -0.3 is 9.73 Å². The van der Waals surface area contributed by atoms with E-state index in [0.717, 1.165) is 16.0 Å². The van der Waals surface area contributed by atoms with Crippen molar-refractivity contribution in [3.63, 3.8) is 0 Å². The molecule has 0 fully saturated rings. The third-order valence-corrected chi connectivity index (χ3v) is 5.01. The predicted octanol–water partition coefficient (Wildman–Crippen LogP) is 4.29. The minimum atomic E-state index is -0.690. The predicted molar refractivity (Wildman–Crippen MR) is 92.6 cm³/mol. The number of furan rings is 1. The molecule has 0 aliphatic carbocycles. The Balaban J connectivity index is 1.90. The fourth-order valence-electron chi connectivity index (χ4n) is 1.98. The quantitative estimate of drug-likeness (QED) is 0.414. The smallest absolute Gasteiger partial charge is 0.395 e. The van der Waals surface area contributed by atoms with Gasteiger partial charge in [-0.3, -0.25) is 14.9 Å². The molecule has 122 valence electrons. The highest BCUT2D eigenvalue weighted by Gasteiger charge is 2.20. The van der Waals surface area contributed by atoms with Crippen LogP contribution in [0.25, 0.3) is 11.3 Å². The summed E-state index contributed by atoms with van der Waals surface area (Å²) in [6.45, 7) is 0. The minimum absolute atomic E-state index is 0.125. The van der Waals surface area contributed by atoms with E-state index in [9.17, 15) is 14.9 Å². The molecule has 0 aliphatic heterocycles. The van der Waals surface area contributed by atoms with Crippen molar-refractivity contribution >= 4 is 39.9 Å². The molecule has 0 spiro atoms. The second-order valence-corrected chi connectivity index (χ2v) is 6.63. The summed E-state index contributed by atoms with van der Waals surface area (Å²) < 4.78 is 5.73. The number of rotatable bonds is 5. The number of benzene rings is 1. The molecule has 3 aromatic rings. The van der Waals surface area contributed by atoms with Crippen LogP contribution in [-0.4, -0.2) is 22.1 Å². The minimum Gasteiger partial charge on any atom is -0.395 e. The van der Waals surface area contributed by atoms with Crippen LogP contribution >= 0.6 is 23.1 Å². The van der Waals surface area contributed by atoms with Crippen LogP contribution in [0.2, 0.25) is 0 Å². The van der Waals surface area contributed by atoms with E-state index >= 15 is 0 Å². The SMILES string of the molecule is CSc1nc(-c2ccccc2)c(NC(=O)c2ccc([N+](=O)[O-])o2)s1. The van der Waals surface area contributed by atoms with Gasteiger partial charge in [0.05, 0.1) is 6.07 Å². The lowest BCUT2D eigenvalue weighted by atomic mass is 10.2. The zero-order valence-electron chi connectivity index (χ0n) is 12.4. The summed E-state index contributed by atoms with van der Waals surface area (Å²) in [6.07, 6.45) is 1.90. The number of carbonyl (C=O) groups excluding carboxylic acids is 1. The Morgan fingerprint density at radius 3 is 2.67 bits per heavy atom. The number of thiazole rings is 1. The Kier molecular flexibility index (Phi) is 4.63. The van der Waals surface area contributed by atoms with Gasteiger partial charge in [-0.25, -0.2) is 4.98 Å². The Morgan fingerprint density at radius 1 is 1.29 bits per heavy atom. The zero-order chi connectivity index (χ0) is 17.1. The standard InChI is InChI=1S/C15H11N3O4S2/c1-23-15-16-12(9-5-3-2-4-6-9)14(24-15)17-13(19)10-7-8-11(22-10)18(20)21/h2-8H,1H3,(H,17,19). The average Bonchev–Trinajstić information content (AvgIpc) is 3.22. The van der Waals surface area contributed by atoms with Crippen LogP contribution in [0, 0.1) is 10.1 Å². The monoisotopic (exact) mass is 361 g/mol. The third kappa shape index (κ3) is 3.31. The van der Waals surface area contributed by atoms with E-state index in [1.807, 2.05) is 36.6 Å². The maximum atomic E-state index is 12.3. The first-order chi connectivity index (χ1) is 11.6. The normalized spacial score (nSPS) is 10.5.